The highest BCUT2D eigenvalue weighted by Gasteiger charge is 2.24. The zero-order chi connectivity index (χ0) is 29.8. The van der Waals surface area contributed by atoms with E-state index in [1.54, 1.807) is 7.05 Å². The van der Waals surface area contributed by atoms with Gasteiger partial charge < -0.3 is 25.4 Å². The second-order valence-corrected chi connectivity index (χ2v) is 10.2. The van der Waals surface area contributed by atoms with Crippen molar-refractivity contribution in [1.29, 1.82) is 0 Å². The fraction of sp³-hybridized carbons (Fsp3) is 0.833. The molecule has 40 heavy (non-hydrogen) atoms. The first kappa shape index (κ1) is 37.4. The highest BCUT2D eigenvalue weighted by molar-refractivity contribution is 5.87. The molecule has 0 aliphatic rings. The monoisotopic (exact) mass is 569 g/mol. The first-order valence-corrected chi connectivity index (χ1v) is 15.4. The van der Waals surface area contributed by atoms with E-state index in [4.69, 9.17) is 9.47 Å². The fourth-order valence-electron chi connectivity index (χ4n) is 3.91. The molecule has 3 N–H and O–H groups in total. The Morgan fingerprint density at radius 3 is 1.75 bits per heavy atom. The molecule has 0 radical (unpaired) electrons. The van der Waals surface area contributed by atoms with E-state index in [2.05, 4.69) is 16.0 Å². The molecule has 0 aliphatic carbocycles. The number of amides is 3. The van der Waals surface area contributed by atoms with Gasteiger partial charge in [0.2, 0.25) is 17.7 Å². The van der Waals surface area contributed by atoms with Crippen LogP contribution in [0.2, 0.25) is 0 Å². The standard InChI is InChI=1S/C30H55N3O7/c1-4-6-23-39-29(37)21-18-25(30(38)40-24-7-5-2)33-28(36)20-19-27(35)32-22-16-14-12-10-8-9-11-13-15-17-26(34)31-3/h25H,4-24H2,1-3H3,(H,31,34)(H,32,35)(H,33,36)/t25-/m0/s1. The van der Waals surface area contributed by atoms with Gasteiger partial charge in [-0.15, -0.1) is 0 Å². The predicted octanol–water partition coefficient (Wildman–Crippen LogP) is 4.48. The van der Waals surface area contributed by atoms with E-state index in [-0.39, 0.29) is 44.1 Å². The third kappa shape index (κ3) is 23.3. The Labute approximate surface area is 241 Å². The van der Waals surface area contributed by atoms with Gasteiger partial charge in [-0.05, 0) is 32.1 Å². The summed E-state index contributed by atoms with van der Waals surface area (Å²) >= 11 is 0. The van der Waals surface area contributed by atoms with E-state index < -0.39 is 23.9 Å². The van der Waals surface area contributed by atoms with Crippen molar-refractivity contribution in [3.05, 3.63) is 0 Å². The summed E-state index contributed by atoms with van der Waals surface area (Å²) in [6.45, 7) is 5.15. The van der Waals surface area contributed by atoms with Crippen molar-refractivity contribution in [3.8, 4) is 0 Å². The SMILES string of the molecule is CCCCOC(=O)CC[C@H](NC(=O)CCC(=O)NCCCCCCCCCCCC(=O)NC)C(=O)OCCCC. The molecule has 0 aromatic carbocycles. The van der Waals surface area contributed by atoms with Gasteiger partial charge in [0.1, 0.15) is 6.04 Å². The molecule has 0 fully saturated rings. The number of esters is 2. The van der Waals surface area contributed by atoms with Crippen LogP contribution in [0, 0.1) is 0 Å². The van der Waals surface area contributed by atoms with Crippen LogP contribution >= 0.6 is 0 Å². The first-order valence-electron chi connectivity index (χ1n) is 15.4. The molecule has 0 heterocycles. The number of ether oxygens (including phenoxy) is 2. The third-order valence-electron chi connectivity index (χ3n) is 6.52. The molecule has 0 aliphatic heterocycles. The van der Waals surface area contributed by atoms with Crippen LogP contribution in [-0.4, -0.2) is 62.5 Å². The molecule has 0 rings (SSSR count). The van der Waals surface area contributed by atoms with Gasteiger partial charge >= 0.3 is 11.9 Å². The first-order chi connectivity index (χ1) is 19.3. The van der Waals surface area contributed by atoms with E-state index in [1.807, 2.05) is 13.8 Å². The van der Waals surface area contributed by atoms with Crippen molar-refractivity contribution in [2.45, 2.75) is 135 Å². The van der Waals surface area contributed by atoms with Crippen LogP contribution in [0.4, 0.5) is 0 Å². The molecule has 0 spiro atoms. The Morgan fingerprint density at radius 1 is 0.600 bits per heavy atom. The molecule has 1 atom stereocenters. The van der Waals surface area contributed by atoms with Gasteiger partial charge in [-0.1, -0.05) is 71.6 Å². The maximum absolute atomic E-state index is 12.4. The van der Waals surface area contributed by atoms with E-state index in [0.717, 1.165) is 57.8 Å². The predicted molar refractivity (Wildman–Crippen MR) is 155 cm³/mol. The van der Waals surface area contributed by atoms with Crippen LogP contribution in [-0.2, 0) is 33.4 Å². The lowest BCUT2D eigenvalue weighted by atomic mass is 10.1. The van der Waals surface area contributed by atoms with E-state index >= 15 is 0 Å². The number of rotatable bonds is 26. The Bertz CT molecular complexity index is 715. The number of nitrogens with one attached hydrogen (secondary N) is 3. The third-order valence-corrected chi connectivity index (χ3v) is 6.52. The second kappa shape index (κ2) is 26.6. The summed E-state index contributed by atoms with van der Waals surface area (Å²) in [4.78, 5) is 60.1. The molecule has 0 unspecified atom stereocenters. The summed E-state index contributed by atoms with van der Waals surface area (Å²) in [6, 6.07) is -0.950. The lowest BCUT2D eigenvalue weighted by Gasteiger charge is -2.17. The maximum atomic E-state index is 12.4. The van der Waals surface area contributed by atoms with Gasteiger partial charge in [0, 0.05) is 39.3 Å². The summed E-state index contributed by atoms with van der Waals surface area (Å²) in [5.74, 6) is -1.51. The van der Waals surface area contributed by atoms with Crippen molar-refractivity contribution in [2.24, 2.45) is 0 Å². The molecule has 3 amide bonds. The van der Waals surface area contributed by atoms with Crippen LogP contribution in [0.15, 0.2) is 0 Å². The molecule has 0 aromatic heterocycles. The Hall–Kier alpha value is -2.65. The largest absolute Gasteiger partial charge is 0.466 e. The van der Waals surface area contributed by atoms with Crippen LogP contribution < -0.4 is 16.0 Å². The minimum absolute atomic E-state index is 0.00282. The van der Waals surface area contributed by atoms with Crippen molar-refractivity contribution in [2.75, 3.05) is 26.8 Å². The number of hydrogen-bond acceptors (Lipinski definition) is 7. The molecular formula is C30H55N3O7. The second-order valence-electron chi connectivity index (χ2n) is 10.2. The van der Waals surface area contributed by atoms with Crippen LogP contribution in [0.1, 0.15) is 129 Å². The molecule has 0 saturated carbocycles. The average molecular weight is 570 g/mol. The highest BCUT2D eigenvalue weighted by Crippen LogP contribution is 2.10. The molecule has 0 aromatic rings. The minimum Gasteiger partial charge on any atom is -0.466 e. The van der Waals surface area contributed by atoms with Gasteiger partial charge in [0.05, 0.1) is 13.2 Å². The molecule has 10 heteroatoms. The molecule has 10 nitrogen and oxygen atoms in total. The van der Waals surface area contributed by atoms with Crippen molar-refractivity contribution in [1.82, 2.24) is 16.0 Å². The zero-order valence-electron chi connectivity index (χ0n) is 25.3. The molecule has 232 valence electrons. The van der Waals surface area contributed by atoms with Crippen molar-refractivity contribution >= 4 is 29.7 Å². The topological polar surface area (TPSA) is 140 Å². The van der Waals surface area contributed by atoms with E-state index in [0.29, 0.717) is 26.0 Å². The van der Waals surface area contributed by atoms with Crippen LogP contribution in [0.3, 0.4) is 0 Å². The lowest BCUT2D eigenvalue weighted by Crippen LogP contribution is -2.42. The smallest absolute Gasteiger partial charge is 0.328 e. The van der Waals surface area contributed by atoms with Gasteiger partial charge in [-0.2, -0.15) is 0 Å². The van der Waals surface area contributed by atoms with E-state index in [9.17, 15) is 24.0 Å². The summed E-state index contributed by atoms with van der Waals surface area (Å²) in [5, 5.41) is 8.11. The maximum Gasteiger partial charge on any atom is 0.328 e. The quantitative estimate of drug-likeness (QED) is 0.103. The molecular weight excluding hydrogens is 514 g/mol. The fourth-order valence-corrected chi connectivity index (χ4v) is 3.91. The highest BCUT2D eigenvalue weighted by atomic mass is 16.5. The van der Waals surface area contributed by atoms with Gasteiger partial charge in [-0.25, -0.2) is 4.79 Å². The number of carbonyl (C=O) groups excluding carboxylic acids is 5. The van der Waals surface area contributed by atoms with Gasteiger partial charge in [-0.3, -0.25) is 19.2 Å². The lowest BCUT2D eigenvalue weighted by molar-refractivity contribution is -0.149. The summed E-state index contributed by atoms with van der Waals surface area (Å²) in [7, 11) is 1.67. The zero-order valence-corrected chi connectivity index (χ0v) is 25.3. The molecule has 0 bridgehead atoms. The summed E-state index contributed by atoms with van der Waals surface area (Å²) in [6.07, 6.45) is 13.7. The summed E-state index contributed by atoms with van der Waals surface area (Å²) < 4.78 is 10.4. The van der Waals surface area contributed by atoms with Crippen LogP contribution in [0.5, 0.6) is 0 Å². The number of carbonyl (C=O) groups is 5. The Kier molecular flexibility index (Phi) is 24.8. The van der Waals surface area contributed by atoms with Crippen LogP contribution in [0.25, 0.3) is 0 Å². The Morgan fingerprint density at radius 2 is 1.15 bits per heavy atom. The van der Waals surface area contributed by atoms with Crippen molar-refractivity contribution in [3.63, 3.8) is 0 Å². The number of hydrogen-bond donors (Lipinski definition) is 3. The van der Waals surface area contributed by atoms with E-state index in [1.165, 1.54) is 19.3 Å². The minimum atomic E-state index is -0.950. The van der Waals surface area contributed by atoms with Gasteiger partial charge in [0.15, 0.2) is 0 Å². The van der Waals surface area contributed by atoms with Gasteiger partial charge in [0.25, 0.3) is 0 Å². The normalized spacial score (nSPS) is 11.4. The van der Waals surface area contributed by atoms with Crippen molar-refractivity contribution < 1.29 is 33.4 Å². The molecule has 0 saturated heterocycles. The number of unbranched alkanes of at least 4 members (excludes halogenated alkanes) is 10. The Balaban J connectivity index is 4.08. The average Bonchev–Trinajstić information content (AvgIpc) is 2.94. The summed E-state index contributed by atoms with van der Waals surface area (Å²) in [5.41, 5.74) is 0.